The molecule has 0 aliphatic carbocycles. The molecule has 72 valence electrons. The van der Waals surface area contributed by atoms with Crippen molar-refractivity contribution < 1.29 is 28.5 Å². The van der Waals surface area contributed by atoms with E-state index in [1.807, 2.05) is 0 Å². The zero-order chi connectivity index (χ0) is 24.1. The first kappa shape index (κ1) is 1.69. The Hall–Kier alpha value is -0.120. The minimum atomic E-state index is -4.40. The molecule has 1 fully saturated rings. The molecule has 1 heterocycles. The summed E-state index contributed by atoms with van der Waals surface area (Å²) >= 11 is 0. The highest BCUT2D eigenvalue weighted by atomic mass is 16.5. The number of hydrogen-bond donors (Lipinski definition) is 2. The zero-order valence-corrected chi connectivity index (χ0v) is 5.97. The maximum atomic E-state index is 10.8. The molecule has 0 bridgehead atoms. The summed E-state index contributed by atoms with van der Waals surface area (Å²) in [6.45, 7) is -16.8. The lowest BCUT2D eigenvalue weighted by molar-refractivity contribution is -0.244. The van der Waals surface area contributed by atoms with E-state index >= 15 is 0 Å². The van der Waals surface area contributed by atoms with Gasteiger partial charge in [-0.15, -0.1) is 0 Å². The molecular weight excluding hydrogens is 152 g/mol. The maximum absolute atomic E-state index is 10.8. The molecule has 1 aliphatic rings. The van der Waals surface area contributed by atoms with Crippen LogP contribution in [0.15, 0.2) is 0 Å². The predicted molar refractivity (Wildman–Crippen MR) is 49.0 cm³/mol. The number of nitrogens with zero attached hydrogens (tertiary/aromatic N) is 1. The summed E-state index contributed by atoms with van der Waals surface area (Å²) in [5.41, 5.74) is -3.40. The summed E-state index contributed by atoms with van der Waals surface area (Å²) in [6.07, 6.45) is -8.45. The quantitative estimate of drug-likeness (QED) is 0.605. The molecule has 0 saturated carbocycles. The van der Waals surface area contributed by atoms with Crippen molar-refractivity contribution >= 4 is 0 Å². The lowest BCUT2D eigenvalue weighted by Gasteiger charge is -2.50. The van der Waals surface area contributed by atoms with E-state index in [1.54, 1.807) is 0 Å². The van der Waals surface area contributed by atoms with Crippen molar-refractivity contribution in [1.29, 1.82) is 0 Å². The van der Waals surface area contributed by atoms with Crippen molar-refractivity contribution in [2.75, 3.05) is 0 Å². The second-order valence-electron chi connectivity index (χ2n) is 2.40. The van der Waals surface area contributed by atoms with E-state index in [0.29, 0.717) is 0 Å². The average molecular weight is 189 g/mol. The Balaban J connectivity index is 4.52. The van der Waals surface area contributed by atoms with Crippen LogP contribution in [0.2, 0.25) is 0 Å². The molecular formula is C9H20N2O. The highest BCUT2D eigenvalue weighted by Crippen LogP contribution is 2.35. The van der Waals surface area contributed by atoms with E-state index in [0.717, 1.165) is 0 Å². The zero-order valence-electron chi connectivity index (χ0n) is 23.0. The third-order valence-electron chi connectivity index (χ3n) is 1.27. The van der Waals surface area contributed by atoms with E-state index in [2.05, 4.69) is 0 Å². The third-order valence-corrected chi connectivity index (χ3v) is 1.27. The van der Waals surface area contributed by atoms with Gasteiger partial charge in [0.15, 0.2) is 0 Å². The van der Waals surface area contributed by atoms with E-state index < -0.39 is 62.3 Å². The van der Waals surface area contributed by atoms with Crippen LogP contribution >= 0.6 is 0 Å². The van der Waals surface area contributed by atoms with Crippen LogP contribution in [-0.4, -0.2) is 27.4 Å². The molecule has 1 rings (SSSR count). The fourth-order valence-electron chi connectivity index (χ4n) is 0.778. The van der Waals surface area contributed by atoms with Crippen molar-refractivity contribution in [3.63, 3.8) is 0 Å². The highest BCUT2D eigenvalue weighted by molar-refractivity contribution is 4.97. The number of piperidine rings is 1. The molecule has 1 saturated heterocycles. The molecule has 1 aliphatic heterocycles. The van der Waals surface area contributed by atoms with Gasteiger partial charge >= 0.3 is 0 Å². The molecule has 0 spiro atoms. The topological polar surface area (TPSA) is 49.5 Å². The molecule has 3 nitrogen and oxygen atoms in total. The van der Waals surface area contributed by atoms with E-state index in [4.69, 9.17) is 29.0 Å². The minimum absolute atomic E-state index is 1.28. The normalized spacial score (nSPS) is 66.7. The van der Waals surface area contributed by atoms with Gasteiger partial charge in [-0.25, -0.2) is 0 Å². The molecule has 3 heteroatoms. The van der Waals surface area contributed by atoms with Crippen molar-refractivity contribution in [3.8, 4) is 0 Å². The first-order valence-electron chi connectivity index (χ1n) is 11.4. The van der Waals surface area contributed by atoms with Gasteiger partial charge in [0.2, 0.25) is 0 Å². The SMILES string of the molecule is [2H]C([2H])([2H])C1(C([2H])([2H])[2H])N(O)C(C([2H])([2H])[2H])(C([2H])([2H])[2H])C([2H])([2H])C([2H])(N)C1([2H])[2H]. The fraction of sp³-hybridized carbons (Fsp3) is 1.00. The van der Waals surface area contributed by atoms with E-state index in [-0.39, 0.29) is 0 Å². The van der Waals surface area contributed by atoms with Gasteiger partial charge in [0, 0.05) is 40.4 Å². The van der Waals surface area contributed by atoms with Crippen LogP contribution < -0.4 is 5.73 Å². The van der Waals surface area contributed by atoms with Gasteiger partial charge in [0.05, 0.1) is 0 Å². The fourth-order valence-corrected chi connectivity index (χ4v) is 0.778. The maximum Gasteiger partial charge on any atom is 0.0464 e. The van der Waals surface area contributed by atoms with Crippen LogP contribution in [0.5, 0.6) is 0 Å². The Labute approximate surface area is 98.4 Å². The molecule has 12 heavy (non-hydrogen) atoms. The van der Waals surface area contributed by atoms with Gasteiger partial charge in [0.1, 0.15) is 0 Å². The Bertz CT molecular complexity index is 570. The van der Waals surface area contributed by atoms with Crippen molar-refractivity contribution in [1.82, 2.24) is 5.06 Å². The smallest absolute Gasteiger partial charge is 0.0464 e. The van der Waals surface area contributed by atoms with Gasteiger partial charge in [0.25, 0.3) is 0 Å². The number of hydroxylamine groups is 2. The van der Waals surface area contributed by atoms with Crippen LogP contribution in [0.1, 0.15) is 63.5 Å². The number of nitrogens with two attached hydrogens (primary N) is 1. The Morgan fingerprint density at radius 1 is 1.50 bits per heavy atom. The summed E-state index contributed by atoms with van der Waals surface area (Å²) in [7, 11) is 0. The van der Waals surface area contributed by atoms with Crippen LogP contribution in [0.3, 0.4) is 0 Å². The van der Waals surface area contributed by atoms with Crippen molar-refractivity contribution in [2.24, 2.45) is 5.73 Å². The summed E-state index contributed by atoms with van der Waals surface area (Å²) in [5, 5.41) is 9.47. The average Bonchev–Trinajstić information content (AvgIpc) is 2.29. The second kappa shape index (κ2) is 2.69. The Kier molecular flexibility index (Phi) is 0.378. The molecule has 0 aromatic heterocycles. The number of rotatable bonds is 0. The Morgan fingerprint density at radius 3 is 2.25 bits per heavy atom. The summed E-state index contributed by atoms with van der Waals surface area (Å²) < 4.78 is 132. The minimum Gasteiger partial charge on any atom is -0.328 e. The van der Waals surface area contributed by atoms with Crippen LogP contribution in [0.4, 0.5) is 0 Å². The second-order valence-corrected chi connectivity index (χ2v) is 2.40. The van der Waals surface area contributed by atoms with Gasteiger partial charge < -0.3 is 10.9 Å². The molecule has 0 radical (unpaired) electrons. The lowest BCUT2D eigenvalue weighted by Crippen LogP contribution is -2.61. The molecule has 0 atom stereocenters. The van der Waals surface area contributed by atoms with Gasteiger partial charge in [-0.3, -0.25) is 0 Å². The Morgan fingerprint density at radius 2 is 1.92 bits per heavy atom. The molecule has 0 aromatic rings. The van der Waals surface area contributed by atoms with Crippen molar-refractivity contribution in [3.05, 3.63) is 0 Å². The van der Waals surface area contributed by atoms with Crippen LogP contribution in [0, 0.1) is 0 Å². The van der Waals surface area contributed by atoms with Gasteiger partial charge in [-0.05, 0) is 40.2 Å². The summed E-state index contributed by atoms with van der Waals surface area (Å²) in [4.78, 5) is 0. The van der Waals surface area contributed by atoms with E-state index in [1.165, 1.54) is 0 Å². The largest absolute Gasteiger partial charge is 0.328 e. The lowest BCUT2D eigenvalue weighted by atomic mass is 9.79. The predicted octanol–water partition coefficient (Wildman–Crippen LogP) is 1.36. The first-order valence-corrected chi connectivity index (χ1v) is 2.94. The van der Waals surface area contributed by atoms with Crippen LogP contribution in [0.25, 0.3) is 0 Å². The van der Waals surface area contributed by atoms with Crippen LogP contribution in [-0.2, 0) is 0 Å². The van der Waals surface area contributed by atoms with Gasteiger partial charge in [-0.2, -0.15) is 5.06 Å². The molecule has 3 N–H and O–H groups in total. The third kappa shape index (κ3) is 1.63. The first-order chi connectivity index (χ1) is 12.2. The molecule has 0 unspecified atom stereocenters. The van der Waals surface area contributed by atoms with E-state index in [9.17, 15) is 5.21 Å². The summed E-state index contributed by atoms with van der Waals surface area (Å²) in [5.74, 6) is 0. The standard InChI is InChI=1S/C9H20N2O/c1-8(2)5-7(10)6-9(3,4)11(8)12/h7,12H,5-6,10H2,1-4H3/i1D3,2D3,3D3,4D3,5D2,6D2,7D. The van der Waals surface area contributed by atoms with Crippen molar-refractivity contribution in [2.45, 2.75) is 57.2 Å². The van der Waals surface area contributed by atoms with Gasteiger partial charge in [-0.1, -0.05) is 0 Å². The summed E-state index contributed by atoms with van der Waals surface area (Å²) in [6, 6.07) is -4.08. The monoisotopic (exact) mass is 189 g/mol. The highest BCUT2D eigenvalue weighted by Gasteiger charge is 2.43. The number of hydrogen-bond acceptors (Lipinski definition) is 3. The molecule has 0 aromatic carbocycles. The molecule has 0 amide bonds.